The van der Waals surface area contributed by atoms with Crippen LogP contribution in [-0.4, -0.2) is 29.6 Å². The number of hydrogen-bond donors (Lipinski definition) is 2. The molecular weight excluding hydrogens is 322 g/mol. The Morgan fingerprint density at radius 3 is 2.79 bits per heavy atom. The van der Waals surface area contributed by atoms with Gasteiger partial charge in [0.2, 0.25) is 5.88 Å². The summed E-state index contributed by atoms with van der Waals surface area (Å²) in [5.74, 6) is 1.84. The van der Waals surface area contributed by atoms with E-state index in [2.05, 4.69) is 44.8 Å². The highest BCUT2D eigenvalue weighted by molar-refractivity contribution is 7.09. The van der Waals surface area contributed by atoms with Gasteiger partial charge >= 0.3 is 0 Å². The predicted molar refractivity (Wildman–Crippen MR) is 98.6 cm³/mol. The van der Waals surface area contributed by atoms with E-state index < -0.39 is 0 Å². The van der Waals surface area contributed by atoms with Crippen LogP contribution in [0.2, 0.25) is 0 Å². The van der Waals surface area contributed by atoms with Gasteiger partial charge in [0.05, 0.1) is 18.8 Å². The summed E-state index contributed by atoms with van der Waals surface area (Å²) in [5, 5.41) is 9.73. The van der Waals surface area contributed by atoms with Gasteiger partial charge in [0.15, 0.2) is 5.96 Å². The summed E-state index contributed by atoms with van der Waals surface area (Å²) >= 11 is 1.67. The Kier molecular flexibility index (Phi) is 6.99. The van der Waals surface area contributed by atoms with E-state index in [1.54, 1.807) is 24.6 Å². The minimum absolute atomic E-state index is 0.454. The monoisotopic (exact) mass is 347 g/mol. The van der Waals surface area contributed by atoms with Crippen LogP contribution in [-0.2, 0) is 13.1 Å². The minimum Gasteiger partial charge on any atom is -0.478 e. The summed E-state index contributed by atoms with van der Waals surface area (Å²) in [5.41, 5.74) is 2.13. The molecule has 0 fully saturated rings. The molecule has 7 heteroatoms. The highest BCUT2D eigenvalue weighted by atomic mass is 32.1. The summed E-state index contributed by atoms with van der Waals surface area (Å²) in [6.07, 6.45) is 1.73. The molecule has 2 heterocycles. The molecule has 0 bridgehead atoms. The summed E-state index contributed by atoms with van der Waals surface area (Å²) in [6, 6.07) is 3.90. The molecule has 2 N–H and O–H groups in total. The Labute approximate surface area is 147 Å². The van der Waals surface area contributed by atoms with Gasteiger partial charge in [0.1, 0.15) is 5.01 Å². The number of thiazole rings is 1. The lowest BCUT2D eigenvalue weighted by molar-refractivity contribution is 0.322. The Morgan fingerprint density at radius 2 is 2.12 bits per heavy atom. The van der Waals surface area contributed by atoms with Crippen LogP contribution < -0.4 is 15.4 Å². The van der Waals surface area contributed by atoms with Crippen LogP contribution in [0.25, 0.3) is 0 Å². The molecule has 0 saturated heterocycles. The number of aromatic nitrogens is 2. The molecular formula is C17H25N5OS. The molecule has 2 rings (SSSR count). The molecule has 130 valence electrons. The first-order valence-corrected chi connectivity index (χ1v) is 8.97. The zero-order valence-corrected chi connectivity index (χ0v) is 15.5. The molecule has 0 radical (unpaired) electrons. The first-order chi connectivity index (χ1) is 11.6. The zero-order chi connectivity index (χ0) is 17.4. The van der Waals surface area contributed by atoms with Crippen molar-refractivity contribution in [3.8, 4) is 5.88 Å². The maximum Gasteiger partial charge on any atom is 0.218 e. The van der Waals surface area contributed by atoms with E-state index in [9.17, 15) is 0 Å². The number of nitrogens with one attached hydrogen (secondary N) is 2. The quantitative estimate of drug-likeness (QED) is 0.595. The molecule has 2 aromatic heterocycles. The minimum atomic E-state index is 0.454. The third-order valence-electron chi connectivity index (χ3n) is 3.37. The summed E-state index contributed by atoms with van der Waals surface area (Å²) in [6.45, 7) is 8.10. The number of pyridine rings is 1. The van der Waals surface area contributed by atoms with Gasteiger partial charge in [-0.3, -0.25) is 4.99 Å². The van der Waals surface area contributed by atoms with Gasteiger partial charge in [0, 0.05) is 30.7 Å². The fourth-order valence-electron chi connectivity index (χ4n) is 2.06. The molecule has 0 aliphatic heterocycles. The summed E-state index contributed by atoms with van der Waals surface area (Å²) in [4.78, 5) is 13.1. The Morgan fingerprint density at radius 1 is 1.33 bits per heavy atom. The van der Waals surface area contributed by atoms with Crippen LogP contribution >= 0.6 is 11.3 Å². The van der Waals surface area contributed by atoms with Crippen LogP contribution in [0.15, 0.2) is 28.7 Å². The van der Waals surface area contributed by atoms with Crippen molar-refractivity contribution < 1.29 is 4.74 Å². The normalized spacial score (nSPS) is 11.6. The van der Waals surface area contributed by atoms with Gasteiger partial charge in [0.25, 0.3) is 0 Å². The second kappa shape index (κ2) is 9.22. The molecule has 0 unspecified atom stereocenters. The van der Waals surface area contributed by atoms with Crippen molar-refractivity contribution in [2.75, 3.05) is 13.7 Å². The van der Waals surface area contributed by atoms with Gasteiger partial charge < -0.3 is 15.4 Å². The van der Waals surface area contributed by atoms with Crippen LogP contribution in [0, 0.1) is 0 Å². The van der Waals surface area contributed by atoms with Crippen molar-refractivity contribution in [1.82, 2.24) is 20.6 Å². The molecule has 0 saturated carbocycles. The lowest BCUT2D eigenvalue weighted by Crippen LogP contribution is -2.36. The number of ether oxygens (including phenoxy) is 1. The molecule has 0 aliphatic rings. The molecule has 6 nitrogen and oxygen atoms in total. The van der Waals surface area contributed by atoms with Crippen molar-refractivity contribution in [3.05, 3.63) is 40.0 Å². The molecule has 2 aromatic rings. The summed E-state index contributed by atoms with van der Waals surface area (Å²) in [7, 11) is 1.75. The fourth-order valence-corrected chi connectivity index (χ4v) is 2.95. The van der Waals surface area contributed by atoms with Crippen molar-refractivity contribution >= 4 is 17.3 Å². The molecule has 0 aromatic carbocycles. The fraction of sp³-hybridized carbons (Fsp3) is 0.471. The van der Waals surface area contributed by atoms with E-state index in [4.69, 9.17) is 4.74 Å². The molecule has 0 spiro atoms. The van der Waals surface area contributed by atoms with Gasteiger partial charge in [-0.05, 0) is 18.9 Å². The maximum atomic E-state index is 5.54. The molecule has 0 atom stereocenters. The number of rotatable bonds is 7. The van der Waals surface area contributed by atoms with Crippen molar-refractivity contribution in [2.24, 2.45) is 4.99 Å². The number of guanidine groups is 1. The molecule has 0 amide bonds. The van der Waals surface area contributed by atoms with E-state index in [-0.39, 0.29) is 0 Å². The van der Waals surface area contributed by atoms with E-state index >= 15 is 0 Å². The van der Waals surface area contributed by atoms with Crippen LogP contribution in [0.5, 0.6) is 5.88 Å². The largest absolute Gasteiger partial charge is 0.478 e. The third-order valence-corrected chi connectivity index (χ3v) is 4.24. The zero-order valence-electron chi connectivity index (χ0n) is 14.7. The predicted octanol–water partition coefficient (Wildman–Crippen LogP) is 2.93. The van der Waals surface area contributed by atoms with Gasteiger partial charge in [-0.1, -0.05) is 19.9 Å². The van der Waals surface area contributed by atoms with Gasteiger partial charge in [-0.2, -0.15) is 0 Å². The van der Waals surface area contributed by atoms with Crippen molar-refractivity contribution in [3.63, 3.8) is 0 Å². The topological polar surface area (TPSA) is 71.4 Å². The second-order valence-corrected chi connectivity index (χ2v) is 6.44. The molecule has 0 aliphatic carbocycles. The Bertz CT molecular complexity index is 669. The Balaban J connectivity index is 1.88. The first-order valence-electron chi connectivity index (χ1n) is 8.09. The maximum absolute atomic E-state index is 5.54. The number of hydrogen-bond acceptors (Lipinski definition) is 5. The summed E-state index contributed by atoms with van der Waals surface area (Å²) < 4.78 is 5.54. The third kappa shape index (κ3) is 5.19. The van der Waals surface area contributed by atoms with Crippen LogP contribution in [0.4, 0.5) is 0 Å². The highest BCUT2D eigenvalue weighted by Crippen LogP contribution is 2.17. The SMILES string of the molecule is CCOc1ncccc1CNC(=NC)NCc1nc(C(C)C)cs1. The Hall–Kier alpha value is -2.15. The standard InChI is InChI=1S/C17H25N5OS/c1-5-23-16-13(7-6-8-19-16)9-20-17(18-4)21-10-15-22-14(11-24-15)12(2)3/h6-8,11-12H,5,9-10H2,1-4H3,(H2,18,20,21). The highest BCUT2D eigenvalue weighted by Gasteiger charge is 2.08. The van der Waals surface area contributed by atoms with E-state index in [0.717, 1.165) is 22.2 Å². The van der Waals surface area contributed by atoms with E-state index in [0.29, 0.717) is 31.5 Å². The van der Waals surface area contributed by atoms with E-state index in [1.807, 2.05) is 19.1 Å². The van der Waals surface area contributed by atoms with Crippen LogP contribution in [0.3, 0.4) is 0 Å². The van der Waals surface area contributed by atoms with Crippen molar-refractivity contribution in [2.45, 2.75) is 39.8 Å². The lowest BCUT2D eigenvalue weighted by atomic mass is 10.2. The number of aliphatic imine (C=N–C) groups is 1. The van der Waals surface area contributed by atoms with Gasteiger partial charge in [-0.15, -0.1) is 11.3 Å². The van der Waals surface area contributed by atoms with Crippen molar-refractivity contribution in [1.29, 1.82) is 0 Å². The second-order valence-electron chi connectivity index (χ2n) is 5.50. The molecule has 24 heavy (non-hydrogen) atoms. The smallest absolute Gasteiger partial charge is 0.218 e. The average molecular weight is 347 g/mol. The van der Waals surface area contributed by atoms with E-state index in [1.165, 1.54) is 0 Å². The first kappa shape index (κ1) is 18.2. The number of nitrogens with zero attached hydrogens (tertiary/aromatic N) is 3. The van der Waals surface area contributed by atoms with Gasteiger partial charge in [-0.25, -0.2) is 9.97 Å². The lowest BCUT2D eigenvalue weighted by Gasteiger charge is -2.13. The van der Waals surface area contributed by atoms with Crippen LogP contribution in [0.1, 0.15) is 43.0 Å². The average Bonchev–Trinajstić information content (AvgIpc) is 3.06.